The van der Waals surface area contributed by atoms with Crippen molar-refractivity contribution in [1.82, 2.24) is 4.98 Å². The molecule has 1 amide bonds. The van der Waals surface area contributed by atoms with Gasteiger partial charge in [-0.25, -0.2) is 4.39 Å². The topological polar surface area (TPSA) is 70.5 Å². The Hall–Kier alpha value is -2.47. The van der Waals surface area contributed by atoms with E-state index in [1.54, 1.807) is 18.2 Å². The molecule has 0 saturated heterocycles. The lowest BCUT2D eigenvalue weighted by atomic mass is 10.2. The molecule has 7 heteroatoms. The van der Waals surface area contributed by atoms with Crippen molar-refractivity contribution in [2.24, 2.45) is 0 Å². The molecule has 0 fully saturated rings. The van der Waals surface area contributed by atoms with E-state index in [1.807, 2.05) is 0 Å². The number of pyridine rings is 1. The Kier molecular flexibility index (Phi) is 4.49. The van der Waals surface area contributed by atoms with Crippen LogP contribution in [0, 0.1) is 5.82 Å². The van der Waals surface area contributed by atoms with E-state index in [4.69, 9.17) is 16.7 Å². The largest absolute Gasteiger partial charge is 0.480 e. The van der Waals surface area contributed by atoms with Crippen molar-refractivity contribution in [3.8, 4) is 0 Å². The fourth-order valence-corrected chi connectivity index (χ4v) is 1.93. The minimum absolute atomic E-state index is 0.0452. The van der Waals surface area contributed by atoms with Gasteiger partial charge in [0, 0.05) is 16.9 Å². The number of halogens is 2. The van der Waals surface area contributed by atoms with E-state index in [0.29, 0.717) is 10.7 Å². The van der Waals surface area contributed by atoms with Gasteiger partial charge in [0.05, 0.1) is 11.8 Å². The van der Waals surface area contributed by atoms with Crippen molar-refractivity contribution in [3.05, 3.63) is 59.1 Å². The minimum atomic E-state index is -1.20. The Morgan fingerprint density at radius 1 is 1.29 bits per heavy atom. The van der Waals surface area contributed by atoms with Gasteiger partial charge in [-0.15, -0.1) is 0 Å². The summed E-state index contributed by atoms with van der Waals surface area (Å²) < 4.78 is 13.1. The SMILES string of the molecule is O=C(O)CN(C(=O)c1cncc(F)c1)c1cccc(Cl)c1. The second-order valence-corrected chi connectivity index (χ2v) is 4.59. The second-order valence-electron chi connectivity index (χ2n) is 4.16. The monoisotopic (exact) mass is 308 g/mol. The van der Waals surface area contributed by atoms with Gasteiger partial charge in [-0.1, -0.05) is 17.7 Å². The summed E-state index contributed by atoms with van der Waals surface area (Å²) in [5.41, 5.74) is 0.260. The van der Waals surface area contributed by atoms with Gasteiger partial charge in [-0.3, -0.25) is 19.5 Å². The zero-order chi connectivity index (χ0) is 15.4. The van der Waals surface area contributed by atoms with Crippen LogP contribution in [0.5, 0.6) is 0 Å². The number of aromatic nitrogens is 1. The van der Waals surface area contributed by atoms with Crippen LogP contribution in [0.4, 0.5) is 10.1 Å². The Bertz CT molecular complexity index is 693. The first-order valence-electron chi connectivity index (χ1n) is 5.87. The van der Waals surface area contributed by atoms with Crippen molar-refractivity contribution in [2.45, 2.75) is 0 Å². The maximum atomic E-state index is 13.1. The quantitative estimate of drug-likeness (QED) is 0.942. The zero-order valence-corrected chi connectivity index (χ0v) is 11.4. The molecule has 108 valence electrons. The number of carboxylic acid groups (broad SMARTS) is 1. The molecular formula is C14H10ClFN2O3. The van der Waals surface area contributed by atoms with Gasteiger partial charge in [0.1, 0.15) is 12.4 Å². The fraction of sp³-hybridized carbons (Fsp3) is 0.0714. The first-order valence-corrected chi connectivity index (χ1v) is 6.25. The zero-order valence-electron chi connectivity index (χ0n) is 10.7. The van der Waals surface area contributed by atoms with E-state index in [0.717, 1.165) is 17.2 Å². The molecule has 21 heavy (non-hydrogen) atoms. The number of anilines is 1. The number of hydrogen-bond acceptors (Lipinski definition) is 3. The highest BCUT2D eigenvalue weighted by Gasteiger charge is 2.21. The van der Waals surface area contributed by atoms with E-state index in [2.05, 4.69) is 4.98 Å². The van der Waals surface area contributed by atoms with Crippen molar-refractivity contribution in [2.75, 3.05) is 11.4 Å². The summed E-state index contributed by atoms with van der Waals surface area (Å²) in [5.74, 6) is -2.55. The van der Waals surface area contributed by atoms with Gasteiger partial charge < -0.3 is 5.11 Å². The first kappa shape index (κ1) is 14.9. The number of carboxylic acids is 1. The molecule has 1 heterocycles. The molecule has 0 unspecified atom stereocenters. The normalized spacial score (nSPS) is 10.2. The number of aliphatic carboxylic acids is 1. The molecule has 2 aromatic rings. The van der Waals surface area contributed by atoms with E-state index < -0.39 is 24.2 Å². The van der Waals surface area contributed by atoms with Crippen molar-refractivity contribution in [3.63, 3.8) is 0 Å². The number of carbonyl (C=O) groups is 2. The van der Waals surface area contributed by atoms with Gasteiger partial charge in [-0.05, 0) is 24.3 Å². The Balaban J connectivity index is 2.40. The maximum absolute atomic E-state index is 13.1. The highest BCUT2D eigenvalue weighted by atomic mass is 35.5. The molecule has 0 atom stereocenters. The van der Waals surface area contributed by atoms with Crippen molar-refractivity contribution < 1.29 is 19.1 Å². The molecule has 1 N–H and O–H groups in total. The Labute approximate surface area is 124 Å². The second kappa shape index (κ2) is 6.32. The molecule has 0 bridgehead atoms. The summed E-state index contributed by atoms with van der Waals surface area (Å²) in [6.07, 6.45) is 2.13. The van der Waals surface area contributed by atoms with E-state index in [-0.39, 0.29) is 5.56 Å². The molecule has 0 aliphatic carbocycles. The lowest BCUT2D eigenvalue weighted by Crippen LogP contribution is -2.35. The first-order chi connectivity index (χ1) is 9.97. The lowest BCUT2D eigenvalue weighted by molar-refractivity contribution is -0.135. The number of amides is 1. The summed E-state index contributed by atoms with van der Waals surface area (Å²) in [5, 5.41) is 9.30. The fourth-order valence-electron chi connectivity index (χ4n) is 1.74. The van der Waals surface area contributed by atoms with Crippen LogP contribution in [0.3, 0.4) is 0 Å². The number of rotatable bonds is 4. The summed E-state index contributed by atoms with van der Waals surface area (Å²) in [7, 11) is 0. The average Bonchev–Trinajstić information content (AvgIpc) is 2.44. The molecule has 0 saturated carbocycles. The van der Waals surface area contributed by atoms with Gasteiger partial charge in [0.15, 0.2) is 0 Å². The summed E-state index contributed by atoms with van der Waals surface area (Å²) in [6.45, 7) is -0.574. The molecule has 1 aromatic heterocycles. The molecule has 0 aliphatic rings. The maximum Gasteiger partial charge on any atom is 0.323 e. The third-order valence-electron chi connectivity index (χ3n) is 2.61. The Morgan fingerprint density at radius 2 is 2.05 bits per heavy atom. The molecule has 2 rings (SSSR count). The summed E-state index contributed by atoms with van der Waals surface area (Å²) in [4.78, 5) is 27.9. The molecule has 0 radical (unpaired) electrons. The highest BCUT2D eigenvalue weighted by molar-refractivity contribution is 6.31. The standard InChI is InChI=1S/C14H10ClFN2O3/c15-10-2-1-3-12(5-10)18(8-13(19)20)14(21)9-4-11(16)7-17-6-9/h1-7H,8H2,(H,19,20). The van der Waals surface area contributed by atoms with E-state index in [1.165, 1.54) is 12.3 Å². The van der Waals surface area contributed by atoms with Crippen LogP contribution in [0.25, 0.3) is 0 Å². The van der Waals surface area contributed by atoms with Crippen molar-refractivity contribution >= 4 is 29.2 Å². The van der Waals surface area contributed by atoms with Gasteiger partial charge >= 0.3 is 5.97 Å². The molecule has 1 aromatic carbocycles. The van der Waals surface area contributed by atoms with Crippen molar-refractivity contribution in [1.29, 1.82) is 0 Å². The van der Waals surface area contributed by atoms with Crippen LogP contribution in [-0.2, 0) is 4.79 Å². The summed E-state index contributed by atoms with van der Waals surface area (Å²) in [6, 6.07) is 7.17. The van der Waals surface area contributed by atoms with E-state index in [9.17, 15) is 14.0 Å². The third-order valence-corrected chi connectivity index (χ3v) is 2.85. The van der Waals surface area contributed by atoms with Crippen LogP contribution in [0.2, 0.25) is 5.02 Å². The van der Waals surface area contributed by atoms with Crippen LogP contribution in [-0.4, -0.2) is 28.5 Å². The van der Waals surface area contributed by atoms with Crippen LogP contribution >= 0.6 is 11.6 Å². The molecule has 0 spiro atoms. The van der Waals surface area contributed by atoms with Gasteiger partial charge in [-0.2, -0.15) is 0 Å². The third kappa shape index (κ3) is 3.76. The van der Waals surface area contributed by atoms with Gasteiger partial charge in [0.2, 0.25) is 0 Å². The minimum Gasteiger partial charge on any atom is -0.480 e. The number of nitrogens with zero attached hydrogens (tertiary/aromatic N) is 2. The van der Waals surface area contributed by atoms with Crippen LogP contribution < -0.4 is 4.90 Å². The number of carbonyl (C=O) groups excluding carboxylic acids is 1. The highest BCUT2D eigenvalue weighted by Crippen LogP contribution is 2.21. The predicted octanol–water partition coefficient (Wildman–Crippen LogP) is 2.61. The molecular weight excluding hydrogens is 299 g/mol. The smallest absolute Gasteiger partial charge is 0.323 e. The predicted molar refractivity (Wildman–Crippen MR) is 75.0 cm³/mol. The van der Waals surface area contributed by atoms with E-state index >= 15 is 0 Å². The summed E-state index contributed by atoms with van der Waals surface area (Å²) >= 11 is 5.84. The molecule has 5 nitrogen and oxygen atoms in total. The number of hydrogen-bond donors (Lipinski definition) is 1. The van der Waals surface area contributed by atoms with Gasteiger partial charge in [0.25, 0.3) is 5.91 Å². The average molecular weight is 309 g/mol. The lowest BCUT2D eigenvalue weighted by Gasteiger charge is -2.21. The Morgan fingerprint density at radius 3 is 2.67 bits per heavy atom. The van der Waals surface area contributed by atoms with Crippen LogP contribution in [0.15, 0.2) is 42.7 Å². The number of benzene rings is 1. The van der Waals surface area contributed by atoms with Crippen LogP contribution in [0.1, 0.15) is 10.4 Å². The molecule has 0 aliphatic heterocycles.